The first-order valence-electron chi connectivity index (χ1n) is 9.02. The highest BCUT2D eigenvalue weighted by molar-refractivity contribution is 5.28. The summed E-state index contributed by atoms with van der Waals surface area (Å²) in [6.07, 6.45) is 12.0. The fourth-order valence-electron chi connectivity index (χ4n) is 4.27. The van der Waals surface area contributed by atoms with Gasteiger partial charge in [-0.15, -0.1) is 0 Å². The fourth-order valence-corrected chi connectivity index (χ4v) is 4.27. The largest absolute Gasteiger partial charge is 0.300 e. The molecule has 1 aliphatic heterocycles. The van der Waals surface area contributed by atoms with E-state index in [-0.39, 0.29) is 0 Å². The molecule has 3 heterocycles. The van der Waals surface area contributed by atoms with E-state index in [1.165, 1.54) is 57.3 Å². The van der Waals surface area contributed by atoms with E-state index in [1.807, 2.05) is 19.3 Å². The maximum Gasteiger partial charge on any atom is 0.138 e. The van der Waals surface area contributed by atoms with Crippen LogP contribution in [0.1, 0.15) is 56.0 Å². The molecule has 0 spiro atoms. The van der Waals surface area contributed by atoms with Crippen LogP contribution in [-0.2, 0) is 0 Å². The van der Waals surface area contributed by atoms with Gasteiger partial charge in [-0.25, -0.2) is 9.97 Å². The Hall–Kier alpha value is -1.68. The Morgan fingerprint density at radius 1 is 1.09 bits per heavy atom. The SMILES string of the molecule is Cc1nccn1-c1cccc([C@@H]2CCCN(C3CCCC3)C2)n1. The Labute approximate surface area is 138 Å². The third-order valence-corrected chi connectivity index (χ3v) is 5.54. The molecule has 2 aromatic rings. The lowest BCUT2D eigenvalue weighted by atomic mass is 9.93. The van der Waals surface area contributed by atoms with Gasteiger partial charge in [0.2, 0.25) is 0 Å². The molecule has 1 saturated heterocycles. The first kappa shape index (κ1) is 14.9. The van der Waals surface area contributed by atoms with Crippen LogP contribution in [-0.4, -0.2) is 38.6 Å². The minimum Gasteiger partial charge on any atom is -0.300 e. The summed E-state index contributed by atoms with van der Waals surface area (Å²) in [6.45, 7) is 4.49. The van der Waals surface area contributed by atoms with E-state index >= 15 is 0 Å². The Morgan fingerprint density at radius 2 is 1.96 bits per heavy atom. The van der Waals surface area contributed by atoms with Crippen molar-refractivity contribution in [3.8, 4) is 5.82 Å². The van der Waals surface area contributed by atoms with Crippen molar-refractivity contribution in [1.82, 2.24) is 19.4 Å². The van der Waals surface area contributed by atoms with Gasteiger partial charge in [0, 0.05) is 36.6 Å². The van der Waals surface area contributed by atoms with Crippen molar-refractivity contribution < 1.29 is 0 Å². The molecule has 1 saturated carbocycles. The summed E-state index contributed by atoms with van der Waals surface area (Å²) in [5, 5.41) is 0. The van der Waals surface area contributed by atoms with Gasteiger partial charge in [0.25, 0.3) is 0 Å². The number of piperidine rings is 1. The lowest BCUT2D eigenvalue weighted by Crippen LogP contribution is -2.40. The molecule has 0 aromatic carbocycles. The zero-order chi connectivity index (χ0) is 15.6. The van der Waals surface area contributed by atoms with Crippen molar-refractivity contribution in [3.05, 3.63) is 42.1 Å². The maximum absolute atomic E-state index is 4.96. The average Bonchev–Trinajstić information content (AvgIpc) is 3.27. The highest BCUT2D eigenvalue weighted by Crippen LogP contribution is 2.31. The quantitative estimate of drug-likeness (QED) is 0.867. The molecule has 23 heavy (non-hydrogen) atoms. The molecule has 0 bridgehead atoms. The summed E-state index contributed by atoms with van der Waals surface area (Å²) in [5.41, 5.74) is 1.25. The van der Waals surface area contributed by atoms with Crippen LogP contribution in [0.2, 0.25) is 0 Å². The number of hydrogen-bond donors (Lipinski definition) is 0. The van der Waals surface area contributed by atoms with Crippen LogP contribution < -0.4 is 0 Å². The topological polar surface area (TPSA) is 34.0 Å². The second-order valence-electron chi connectivity index (χ2n) is 7.04. The van der Waals surface area contributed by atoms with Crippen LogP contribution in [0.5, 0.6) is 0 Å². The number of imidazole rings is 1. The third kappa shape index (κ3) is 3.05. The van der Waals surface area contributed by atoms with E-state index in [0.717, 1.165) is 17.7 Å². The van der Waals surface area contributed by atoms with Crippen LogP contribution in [0.4, 0.5) is 0 Å². The summed E-state index contributed by atoms with van der Waals surface area (Å²) in [5.74, 6) is 2.56. The zero-order valence-electron chi connectivity index (χ0n) is 14.0. The van der Waals surface area contributed by atoms with E-state index in [4.69, 9.17) is 4.98 Å². The lowest BCUT2D eigenvalue weighted by molar-refractivity contribution is 0.149. The minimum atomic E-state index is 0.577. The number of aromatic nitrogens is 3. The van der Waals surface area contributed by atoms with Crippen LogP contribution in [0.3, 0.4) is 0 Å². The molecule has 2 fully saturated rings. The fraction of sp³-hybridized carbons (Fsp3) is 0.579. The van der Waals surface area contributed by atoms with E-state index in [0.29, 0.717) is 5.92 Å². The summed E-state index contributed by atoms with van der Waals surface area (Å²) < 4.78 is 2.07. The molecule has 0 unspecified atom stereocenters. The number of rotatable bonds is 3. The first-order chi connectivity index (χ1) is 11.3. The number of nitrogens with zero attached hydrogens (tertiary/aromatic N) is 4. The van der Waals surface area contributed by atoms with Crippen molar-refractivity contribution in [1.29, 1.82) is 0 Å². The highest BCUT2D eigenvalue weighted by Gasteiger charge is 2.29. The van der Waals surface area contributed by atoms with Crippen LogP contribution in [0.15, 0.2) is 30.6 Å². The molecule has 0 radical (unpaired) electrons. The second kappa shape index (κ2) is 6.44. The molecule has 0 N–H and O–H groups in total. The van der Waals surface area contributed by atoms with Gasteiger partial charge >= 0.3 is 0 Å². The molecule has 0 amide bonds. The highest BCUT2D eigenvalue weighted by atomic mass is 15.2. The Morgan fingerprint density at radius 3 is 2.74 bits per heavy atom. The normalized spacial score (nSPS) is 23.4. The zero-order valence-corrected chi connectivity index (χ0v) is 14.0. The van der Waals surface area contributed by atoms with Gasteiger partial charge in [0.15, 0.2) is 0 Å². The van der Waals surface area contributed by atoms with Crippen LogP contribution >= 0.6 is 0 Å². The number of likely N-dealkylation sites (tertiary alicyclic amines) is 1. The Kier molecular flexibility index (Phi) is 4.17. The molecule has 1 aliphatic carbocycles. The third-order valence-electron chi connectivity index (χ3n) is 5.54. The van der Waals surface area contributed by atoms with Crippen molar-refractivity contribution in [3.63, 3.8) is 0 Å². The Balaban J connectivity index is 1.54. The minimum absolute atomic E-state index is 0.577. The molecule has 4 nitrogen and oxygen atoms in total. The lowest BCUT2D eigenvalue weighted by Gasteiger charge is -2.36. The standard InChI is InChI=1S/C19H26N4/c1-15-20-11-13-23(15)19-10-4-9-18(21-19)16-6-5-12-22(14-16)17-7-2-3-8-17/h4,9-11,13,16-17H,2-3,5-8,12,14H2,1H3/t16-/m1/s1. The molecule has 2 aliphatic rings. The monoisotopic (exact) mass is 310 g/mol. The molecule has 1 atom stereocenters. The van der Waals surface area contributed by atoms with Crippen molar-refractivity contribution in [2.24, 2.45) is 0 Å². The number of aryl methyl sites for hydroxylation is 1. The summed E-state index contributed by atoms with van der Waals surface area (Å²) >= 11 is 0. The first-order valence-corrected chi connectivity index (χ1v) is 9.02. The van der Waals surface area contributed by atoms with Gasteiger partial charge in [0.1, 0.15) is 11.6 Å². The second-order valence-corrected chi connectivity index (χ2v) is 7.04. The van der Waals surface area contributed by atoms with Gasteiger partial charge in [-0.2, -0.15) is 0 Å². The summed E-state index contributed by atoms with van der Waals surface area (Å²) in [6, 6.07) is 7.26. The molecular weight excluding hydrogens is 284 g/mol. The molecule has 4 rings (SSSR count). The Bertz CT molecular complexity index is 657. The smallest absolute Gasteiger partial charge is 0.138 e. The van der Waals surface area contributed by atoms with E-state index in [2.05, 4.69) is 32.7 Å². The molecule has 122 valence electrons. The predicted octanol–water partition coefficient (Wildman–Crippen LogP) is 3.70. The van der Waals surface area contributed by atoms with E-state index in [1.54, 1.807) is 0 Å². The van der Waals surface area contributed by atoms with Crippen molar-refractivity contribution in [2.75, 3.05) is 13.1 Å². The molecule has 2 aromatic heterocycles. The van der Waals surface area contributed by atoms with Gasteiger partial charge < -0.3 is 0 Å². The molecular formula is C19H26N4. The van der Waals surface area contributed by atoms with E-state index in [9.17, 15) is 0 Å². The number of pyridine rings is 1. The van der Waals surface area contributed by atoms with Crippen molar-refractivity contribution in [2.45, 2.75) is 57.4 Å². The predicted molar refractivity (Wildman–Crippen MR) is 91.9 cm³/mol. The van der Waals surface area contributed by atoms with Gasteiger partial charge in [-0.05, 0) is 51.3 Å². The van der Waals surface area contributed by atoms with Crippen molar-refractivity contribution >= 4 is 0 Å². The summed E-state index contributed by atoms with van der Waals surface area (Å²) in [4.78, 5) is 12.0. The molecule has 4 heteroatoms. The maximum atomic E-state index is 4.96. The summed E-state index contributed by atoms with van der Waals surface area (Å²) in [7, 11) is 0. The van der Waals surface area contributed by atoms with Gasteiger partial charge in [0.05, 0.1) is 0 Å². The average molecular weight is 310 g/mol. The van der Waals surface area contributed by atoms with Crippen LogP contribution in [0, 0.1) is 6.92 Å². The van der Waals surface area contributed by atoms with E-state index < -0.39 is 0 Å². The van der Waals surface area contributed by atoms with Crippen LogP contribution in [0.25, 0.3) is 5.82 Å². The number of hydrogen-bond acceptors (Lipinski definition) is 3. The van der Waals surface area contributed by atoms with Gasteiger partial charge in [-0.3, -0.25) is 9.47 Å². The van der Waals surface area contributed by atoms with Gasteiger partial charge in [-0.1, -0.05) is 18.9 Å².